The van der Waals surface area contributed by atoms with Gasteiger partial charge in [0, 0.05) is 12.1 Å². The Labute approximate surface area is 121 Å². The molecule has 1 aromatic rings. The van der Waals surface area contributed by atoms with E-state index in [0.29, 0.717) is 31.7 Å². The van der Waals surface area contributed by atoms with E-state index >= 15 is 0 Å². The zero-order valence-electron chi connectivity index (χ0n) is 11.2. The molecule has 1 aliphatic carbocycles. The molecule has 2 rings (SSSR count). The summed E-state index contributed by atoms with van der Waals surface area (Å²) in [5.41, 5.74) is 4.98. The molecule has 1 aliphatic rings. The Morgan fingerprint density at radius 3 is 2.48 bits per heavy atom. The summed E-state index contributed by atoms with van der Waals surface area (Å²) >= 11 is 0. The molecule has 0 spiro atoms. The van der Waals surface area contributed by atoms with Crippen LogP contribution in [0.4, 0.5) is 10.1 Å². The third-order valence-corrected chi connectivity index (χ3v) is 5.07. The third-order valence-electron chi connectivity index (χ3n) is 3.50. The average Bonchev–Trinajstić information content (AvgIpc) is 2.40. The van der Waals surface area contributed by atoms with Crippen molar-refractivity contribution in [2.75, 3.05) is 0 Å². The van der Waals surface area contributed by atoms with Gasteiger partial charge < -0.3 is 5.73 Å². The molecule has 1 fully saturated rings. The number of rotatable bonds is 4. The monoisotopic (exact) mass is 317 g/mol. The van der Waals surface area contributed by atoms with E-state index < -0.39 is 31.3 Å². The molecule has 7 nitrogen and oxygen atoms in total. The van der Waals surface area contributed by atoms with Gasteiger partial charge in [0.2, 0.25) is 10.0 Å². The number of nitro groups is 1. The van der Waals surface area contributed by atoms with Crippen molar-refractivity contribution >= 4 is 15.7 Å². The van der Waals surface area contributed by atoms with Gasteiger partial charge in [0.1, 0.15) is 5.82 Å². The van der Waals surface area contributed by atoms with E-state index in [9.17, 15) is 22.9 Å². The van der Waals surface area contributed by atoms with Crippen LogP contribution >= 0.6 is 0 Å². The predicted molar refractivity (Wildman–Crippen MR) is 73.6 cm³/mol. The Morgan fingerprint density at radius 2 is 1.90 bits per heavy atom. The van der Waals surface area contributed by atoms with Gasteiger partial charge >= 0.3 is 0 Å². The summed E-state index contributed by atoms with van der Waals surface area (Å²) in [6, 6.07) is 2.15. The fourth-order valence-electron chi connectivity index (χ4n) is 2.38. The minimum absolute atomic E-state index is 0.0610. The van der Waals surface area contributed by atoms with Gasteiger partial charge in [-0.25, -0.2) is 17.5 Å². The smallest absolute Gasteiger partial charge is 0.292 e. The molecule has 1 saturated carbocycles. The molecular weight excluding hydrogens is 301 g/mol. The maximum atomic E-state index is 13.1. The lowest BCUT2D eigenvalue weighted by atomic mass is 9.93. The molecule has 0 aromatic heterocycles. The fraction of sp³-hybridized carbons (Fsp3) is 0.500. The molecule has 0 radical (unpaired) electrons. The number of nitrogens with zero attached hydrogens (tertiary/aromatic N) is 1. The van der Waals surface area contributed by atoms with Crippen molar-refractivity contribution in [1.29, 1.82) is 0 Å². The van der Waals surface area contributed by atoms with E-state index in [4.69, 9.17) is 5.73 Å². The van der Waals surface area contributed by atoms with Crippen molar-refractivity contribution in [1.82, 2.24) is 4.72 Å². The van der Waals surface area contributed by atoms with Crippen LogP contribution in [0.5, 0.6) is 0 Å². The molecule has 116 valence electrons. The number of sulfonamides is 1. The molecule has 0 atom stereocenters. The van der Waals surface area contributed by atoms with Crippen molar-refractivity contribution in [3.8, 4) is 0 Å². The largest absolute Gasteiger partial charge is 0.328 e. The Balaban J connectivity index is 2.25. The summed E-state index contributed by atoms with van der Waals surface area (Å²) in [6.07, 6.45) is 2.54. The summed E-state index contributed by atoms with van der Waals surface area (Å²) in [6.45, 7) is 0. The summed E-state index contributed by atoms with van der Waals surface area (Å²) in [4.78, 5) is 9.45. The fourth-order valence-corrected chi connectivity index (χ4v) is 3.84. The SMILES string of the molecule is NC1CCC(NS(=O)(=O)c2ccc(F)cc2[N+](=O)[O-])CC1. The molecule has 21 heavy (non-hydrogen) atoms. The van der Waals surface area contributed by atoms with E-state index in [2.05, 4.69) is 4.72 Å². The third kappa shape index (κ3) is 3.74. The van der Waals surface area contributed by atoms with Crippen molar-refractivity contribution in [2.45, 2.75) is 42.7 Å². The lowest BCUT2D eigenvalue weighted by molar-refractivity contribution is -0.388. The van der Waals surface area contributed by atoms with E-state index in [-0.39, 0.29) is 12.1 Å². The Hall–Kier alpha value is -1.58. The second-order valence-electron chi connectivity index (χ2n) is 5.10. The highest BCUT2D eigenvalue weighted by Crippen LogP contribution is 2.26. The van der Waals surface area contributed by atoms with E-state index in [1.807, 2.05) is 0 Å². The summed E-state index contributed by atoms with van der Waals surface area (Å²) in [5, 5.41) is 10.9. The highest BCUT2D eigenvalue weighted by Gasteiger charge is 2.30. The molecule has 0 amide bonds. The van der Waals surface area contributed by atoms with Crippen LogP contribution in [0.1, 0.15) is 25.7 Å². The van der Waals surface area contributed by atoms with Gasteiger partial charge in [-0.3, -0.25) is 10.1 Å². The standard InChI is InChI=1S/C12H16FN3O4S/c13-8-1-6-12(11(7-8)16(17)18)21(19,20)15-10-4-2-9(14)3-5-10/h1,6-7,9-10,15H,2-5,14H2. The first-order valence-corrected chi connectivity index (χ1v) is 8.00. The van der Waals surface area contributed by atoms with Gasteiger partial charge in [-0.1, -0.05) is 0 Å². The van der Waals surface area contributed by atoms with E-state index in [0.717, 1.165) is 12.1 Å². The molecule has 9 heteroatoms. The number of nitrogens with one attached hydrogen (secondary N) is 1. The maximum absolute atomic E-state index is 13.1. The zero-order chi connectivity index (χ0) is 15.6. The van der Waals surface area contributed by atoms with Crippen LogP contribution in [0, 0.1) is 15.9 Å². The Morgan fingerprint density at radius 1 is 1.29 bits per heavy atom. The number of nitrogens with two attached hydrogens (primary N) is 1. The first-order chi connectivity index (χ1) is 9.79. The van der Waals surface area contributed by atoms with Gasteiger partial charge in [-0.05, 0) is 37.8 Å². The van der Waals surface area contributed by atoms with Gasteiger partial charge in [0.15, 0.2) is 4.90 Å². The van der Waals surface area contributed by atoms with Crippen LogP contribution < -0.4 is 10.5 Å². The summed E-state index contributed by atoms with van der Waals surface area (Å²) < 4.78 is 40.0. The maximum Gasteiger partial charge on any atom is 0.292 e. The average molecular weight is 317 g/mol. The van der Waals surface area contributed by atoms with E-state index in [1.165, 1.54) is 0 Å². The first-order valence-electron chi connectivity index (χ1n) is 6.51. The van der Waals surface area contributed by atoms with Crippen molar-refractivity contribution in [2.24, 2.45) is 5.73 Å². The quantitative estimate of drug-likeness (QED) is 0.641. The Bertz CT molecular complexity index is 642. The molecule has 1 aromatic carbocycles. The van der Waals surface area contributed by atoms with Crippen LogP contribution in [0.25, 0.3) is 0 Å². The van der Waals surface area contributed by atoms with Crippen LogP contribution in [0.2, 0.25) is 0 Å². The van der Waals surface area contributed by atoms with E-state index in [1.54, 1.807) is 0 Å². The topological polar surface area (TPSA) is 115 Å². The number of nitro benzene ring substituents is 1. The van der Waals surface area contributed by atoms with Crippen LogP contribution in [0.3, 0.4) is 0 Å². The summed E-state index contributed by atoms with van der Waals surface area (Å²) in [7, 11) is -4.07. The number of benzene rings is 1. The minimum Gasteiger partial charge on any atom is -0.328 e. The number of hydrogen-bond acceptors (Lipinski definition) is 5. The van der Waals surface area contributed by atoms with Gasteiger partial charge in [0.25, 0.3) is 5.69 Å². The van der Waals surface area contributed by atoms with Gasteiger partial charge in [0.05, 0.1) is 11.0 Å². The highest BCUT2D eigenvalue weighted by atomic mass is 32.2. The van der Waals surface area contributed by atoms with Gasteiger partial charge in [-0.2, -0.15) is 0 Å². The molecule has 0 bridgehead atoms. The molecule has 0 heterocycles. The van der Waals surface area contributed by atoms with Crippen molar-refractivity contribution in [3.63, 3.8) is 0 Å². The highest BCUT2D eigenvalue weighted by molar-refractivity contribution is 7.89. The normalized spacial score (nSPS) is 23.0. The molecule has 3 N–H and O–H groups in total. The second kappa shape index (κ2) is 6.04. The molecule has 0 saturated heterocycles. The molecular formula is C12H16FN3O4S. The predicted octanol–water partition coefficient (Wildman–Crippen LogP) is 1.28. The van der Waals surface area contributed by atoms with Crippen molar-refractivity contribution in [3.05, 3.63) is 34.1 Å². The summed E-state index contributed by atoms with van der Waals surface area (Å²) in [5.74, 6) is -0.857. The van der Waals surface area contributed by atoms with Crippen molar-refractivity contribution < 1.29 is 17.7 Å². The lowest BCUT2D eigenvalue weighted by Gasteiger charge is -2.26. The first kappa shape index (κ1) is 15.8. The minimum atomic E-state index is -4.07. The second-order valence-corrected chi connectivity index (χ2v) is 6.78. The van der Waals surface area contributed by atoms with Crippen LogP contribution in [-0.2, 0) is 10.0 Å². The zero-order valence-corrected chi connectivity index (χ0v) is 12.0. The number of hydrogen-bond donors (Lipinski definition) is 2. The molecule has 0 unspecified atom stereocenters. The van der Waals surface area contributed by atoms with Crippen LogP contribution in [-0.4, -0.2) is 25.4 Å². The lowest BCUT2D eigenvalue weighted by Crippen LogP contribution is -2.40. The number of halogens is 1. The Kier molecular flexibility index (Phi) is 4.55. The molecule has 0 aliphatic heterocycles. The van der Waals surface area contributed by atoms with Gasteiger partial charge in [-0.15, -0.1) is 0 Å². The van der Waals surface area contributed by atoms with Crippen LogP contribution in [0.15, 0.2) is 23.1 Å².